The molecule has 9 heteroatoms. The molecule has 8 nitrogen and oxygen atoms in total. The lowest BCUT2D eigenvalue weighted by molar-refractivity contribution is -0.384. The normalized spacial score (nSPS) is 10.8. The van der Waals surface area contributed by atoms with Gasteiger partial charge in [0.05, 0.1) is 10.6 Å². The third kappa shape index (κ3) is 2.95. The number of aliphatic imine (C=N–C) groups is 1. The van der Waals surface area contributed by atoms with Crippen LogP contribution in [0.2, 0.25) is 0 Å². The maximum absolute atomic E-state index is 11.6. The standard InChI is InChI=1S/C11H8N4O4S/c16-9-8(10(17)14-11(20)13-9)5-12-6-2-1-3-7(4-6)15(18)19/h1-5H,(H3,13,14,16,17,20). The molecule has 102 valence electrons. The van der Waals surface area contributed by atoms with Gasteiger partial charge in [-0.15, -0.1) is 0 Å². The van der Waals surface area contributed by atoms with E-state index in [1.807, 2.05) is 0 Å². The van der Waals surface area contributed by atoms with Crippen molar-refractivity contribution in [2.75, 3.05) is 0 Å². The van der Waals surface area contributed by atoms with E-state index in [0.29, 0.717) is 0 Å². The van der Waals surface area contributed by atoms with E-state index in [0.717, 1.165) is 6.21 Å². The van der Waals surface area contributed by atoms with Crippen molar-refractivity contribution in [3.8, 4) is 5.88 Å². The largest absolute Gasteiger partial charge is 0.494 e. The van der Waals surface area contributed by atoms with Crippen LogP contribution >= 0.6 is 12.2 Å². The molecule has 0 spiro atoms. The molecule has 0 fully saturated rings. The number of H-pyrrole nitrogens is 2. The molecule has 3 N–H and O–H groups in total. The van der Waals surface area contributed by atoms with Crippen molar-refractivity contribution in [1.82, 2.24) is 9.97 Å². The highest BCUT2D eigenvalue weighted by Gasteiger charge is 2.06. The van der Waals surface area contributed by atoms with E-state index in [2.05, 4.69) is 27.2 Å². The molecule has 0 aliphatic rings. The van der Waals surface area contributed by atoms with Crippen molar-refractivity contribution in [1.29, 1.82) is 0 Å². The van der Waals surface area contributed by atoms with Gasteiger partial charge in [-0.2, -0.15) is 0 Å². The molecule has 0 amide bonds. The number of nitrogens with zero attached hydrogens (tertiary/aromatic N) is 2. The van der Waals surface area contributed by atoms with Gasteiger partial charge in [0.25, 0.3) is 11.2 Å². The van der Waals surface area contributed by atoms with E-state index in [-0.39, 0.29) is 21.7 Å². The van der Waals surface area contributed by atoms with Crippen molar-refractivity contribution in [3.05, 3.63) is 55.1 Å². The zero-order chi connectivity index (χ0) is 14.7. The zero-order valence-electron chi connectivity index (χ0n) is 9.86. The van der Waals surface area contributed by atoms with Gasteiger partial charge in [-0.25, -0.2) is 0 Å². The molecule has 0 aliphatic heterocycles. The Kier molecular flexibility index (Phi) is 3.71. The molecule has 2 aromatic rings. The smallest absolute Gasteiger partial charge is 0.271 e. The molecule has 0 saturated carbocycles. The molecule has 0 bridgehead atoms. The van der Waals surface area contributed by atoms with Gasteiger partial charge >= 0.3 is 0 Å². The van der Waals surface area contributed by atoms with Crippen LogP contribution in [0.1, 0.15) is 5.56 Å². The lowest BCUT2D eigenvalue weighted by Crippen LogP contribution is -2.13. The topological polar surface area (TPSA) is 124 Å². The Morgan fingerprint density at radius 3 is 2.80 bits per heavy atom. The summed E-state index contributed by atoms with van der Waals surface area (Å²) in [6, 6.07) is 5.56. The number of rotatable bonds is 3. The number of aromatic hydroxyl groups is 1. The van der Waals surface area contributed by atoms with Crippen molar-refractivity contribution in [2.45, 2.75) is 0 Å². The van der Waals surface area contributed by atoms with Gasteiger partial charge in [-0.05, 0) is 18.3 Å². The summed E-state index contributed by atoms with van der Waals surface area (Å²) in [7, 11) is 0. The monoisotopic (exact) mass is 292 g/mol. The van der Waals surface area contributed by atoms with Crippen LogP contribution in [-0.4, -0.2) is 26.2 Å². The SMILES string of the molecule is O=c1[nH]c(=S)[nH]c(O)c1C=Nc1cccc([N+](=O)[O-])c1. The van der Waals surface area contributed by atoms with E-state index in [1.54, 1.807) is 0 Å². The Hall–Kier alpha value is -2.81. The number of nitro groups is 1. The first-order chi connectivity index (χ1) is 9.47. The molecule has 0 unspecified atom stereocenters. The molecule has 0 atom stereocenters. The van der Waals surface area contributed by atoms with E-state index in [1.165, 1.54) is 24.3 Å². The second-order valence-electron chi connectivity index (χ2n) is 3.71. The second kappa shape index (κ2) is 5.45. The molecule has 1 aromatic heterocycles. The second-order valence-corrected chi connectivity index (χ2v) is 4.11. The summed E-state index contributed by atoms with van der Waals surface area (Å²) in [4.78, 5) is 30.2. The summed E-state index contributed by atoms with van der Waals surface area (Å²) >= 11 is 4.68. The first-order valence-electron chi connectivity index (χ1n) is 5.31. The van der Waals surface area contributed by atoms with Crippen molar-refractivity contribution < 1.29 is 10.0 Å². The summed E-state index contributed by atoms with van der Waals surface area (Å²) < 4.78 is -0.0139. The van der Waals surface area contributed by atoms with Gasteiger partial charge in [-0.3, -0.25) is 24.9 Å². The van der Waals surface area contributed by atoms with Gasteiger partial charge in [0.1, 0.15) is 5.56 Å². The highest BCUT2D eigenvalue weighted by Crippen LogP contribution is 2.19. The predicted octanol–water partition coefficient (Wildman–Crippen LogP) is 1.80. The number of aromatic nitrogens is 2. The number of hydrogen-bond acceptors (Lipinski definition) is 6. The first-order valence-corrected chi connectivity index (χ1v) is 5.72. The van der Waals surface area contributed by atoms with E-state index < -0.39 is 16.4 Å². The lowest BCUT2D eigenvalue weighted by atomic mass is 10.3. The van der Waals surface area contributed by atoms with Gasteiger partial charge in [0.2, 0.25) is 5.88 Å². The van der Waals surface area contributed by atoms with Gasteiger partial charge in [-0.1, -0.05) is 6.07 Å². The molecule has 0 radical (unpaired) electrons. The highest BCUT2D eigenvalue weighted by atomic mass is 32.1. The van der Waals surface area contributed by atoms with Crippen LogP contribution in [0.25, 0.3) is 0 Å². The maximum atomic E-state index is 11.6. The van der Waals surface area contributed by atoms with Crippen LogP contribution in [0.5, 0.6) is 5.88 Å². The number of non-ortho nitro benzene ring substituents is 1. The fourth-order valence-electron chi connectivity index (χ4n) is 1.43. The zero-order valence-corrected chi connectivity index (χ0v) is 10.7. The summed E-state index contributed by atoms with van der Waals surface area (Å²) in [6.07, 6.45) is 1.10. The lowest BCUT2D eigenvalue weighted by Gasteiger charge is -1.97. The van der Waals surface area contributed by atoms with Gasteiger partial charge < -0.3 is 10.1 Å². The maximum Gasteiger partial charge on any atom is 0.271 e. The number of nitro benzene ring substituents is 1. The summed E-state index contributed by atoms with van der Waals surface area (Å²) in [5, 5.41) is 20.2. The molecule has 1 heterocycles. The van der Waals surface area contributed by atoms with E-state index in [9.17, 15) is 20.0 Å². The minimum atomic E-state index is -0.611. The average molecular weight is 292 g/mol. The van der Waals surface area contributed by atoms with Gasteiger partial charge in [0, 0.05) is 18.3 Å². The van der Waals surface area contributed by atoms with Crippen LogP contribution in [0.4, 0.5) is 11.4 Å². The summed E-state index contributed by atoms with van der Waals surface area (Å²) in [5.41, 5.74) is -0.573. The number of hydrogen-bond donors (Lipinski definition) is 3. The average Bonchev–Trinajstić information content (AvgIpc) is 2.37. The quantitative estimate of drug-likeness (QED) is 0.344. The molecule has 0 aliphatic carbocycles. The van der Waals surface area contributed by atoms with Crippen LogP contribution in [-0.2, 0) is 0 Å². The van der Waals surface area contributed by atoms with Crippen LogP contribution in [0.3, 0.4) is 0 Å². The molecule has 0 saturated heterocycles. The minimum absolute atomic E-state index is 0.0139. The van der Waals surface area contributed by atoms with Crippen molar-refractivity contribution in [2.24, 2.45) is 4.99 Å². The molecule has 20 heavy (non-hydrogen) atoms. The van der Waals surface area contributed by atoms with Crippen LogP contribution in [0.15, 0.2) is 34.1 Å². The predicted molar refractivity (Wildman–Crippen MR) is 74.3 cm³/mol. The molecular weight excluding hydrogens is 284 g/mol. The van der Waals surface area contributed by atoms with Gasteiger partial charge in [0.15, 0.2) is 4.77 Å². The summed E-state index contributed by atoms with van der Waals surface area (Å²) in [6.45, 7) is 0. The Labute approximate surface area is 116 Å². The Balaban J connectivity index is 2.40. The third-order valence-electron chi connectivity index (χ3n) is 2.34. The minimum Gasteiger partial charge on any atom is -0.494 e. The summed E-state index contributed by atoms with van der Waals surface area (Å²) in [5.74, 6) is -0.423. The number of benzene rings is 1. The Morgan fingerprint density at radius 1 is 1.40 bits per heavy atom. The molecular formula is C11H8N4O4S. The third-order valence-corrected chi connectivity index (χ3v) is 2.55. The van der Waals surface area contributed by atoms with Crippen LogP contribution in [0, 0.1) is 14.9 Å². The first kappa shape index (κ1) is 13.6. The van der Waals surface area contributed by atoms with E-state index in [4.69, 9.17) is 0 Å². The Morgan fingerprint density at radius 2 is 2.15 bits per heavy atom. The molecule has 2 rings (SSSR count). The van der Waals surface area contributed by atoms with Crippen molar-refractivity contribution >= 4 is 29.8 Å². The molecule has 1 aromatic carbocycles. The fourth-order valence-corrected chi connectivity index (χ4v) is 1.62. The van der Waals surface area contributed by atoms with Crippen LogP contribution < -0.4 is 5.56 Å². The Bertz CT molecular complexity index is 809. The highest BCUT2D eigenvalue weighted by molar-refractivity contribution is 7.71. The number of aromatic amines is 2. The fraction of sp³-hybridized carbons (Fsp3) is 0. The number of nitrogens with one attached hydrogen (secondary N) is 2. The van der Waals surface area contributed by atoms with Crippen molar-refractivity contribution in [3.63, 3.8) is 0 Å². The van der Waals surface area contributed by atoms with E-state index >= 15 is 0 Å².